The van der Waals surface area contributed by atoms with Crippen molar-refractivity contribution in [3.63, 3.8) is 0 Å². The summed E-state index contributed by atoms with van der Waals surface area (Å²) in [6.07, 6.45) is 2.28. The van der Waals surface area contributed by atoms with E-state index in [2.05, 4.69) is 16.0 Å². The maximum absolute atomic E-state index is 12.3. The van der Waals surface area contributed by atoms with E-state index in [1.807, 2.05) is 18.4 Å². The number of guanidine groups is 1. The van der Waals surface area contributed by atoms with Crippen molar-refractivity contribution in [2.24, 2.45) is 5.73 Å². The van der Waals surface area contributed by atoms with Crippen LogP contribution in [0.2, 0.25) is 0 Å². The SMILES string of the molecule is CC1(NC(=O)CNC(=O)c2cccc(NC(=N)N)c2)C=CSC1CCC(=O)O. The van der Waals surface area contributed by atoms with Crippen molar-refractivity contribution in [2.75, 3.05) is 11.9 Å². The minimum absolute atomic E-state index is 0.0200. The molecular formula is C18H23N5O4S. The molecule has 0 bridgehead atoms. The Morgan fingerprint density at radius 1 is 1.36 bits per heavy atom. The molecule has 2 amide bonds. The lowest BCUT2D eigenvalue weighted by atomic mass is 9.94. The second-order valence-electron chi connectivity index (χ2n) is 6.49. The van der Waals surface area contributed by atoms with Gasteiger partial charge < -0.3 is 26.8 Å². The standard InChI is InChI=1S/C18H23N5O4S/c1-18(7-8-28-13(18)5-6-15(25)26)23-14(24)10-21-16(27)11-3-2-4-12(9-11)22-17(19)20/h2-4,7-9,13H,5-6,10H2,1H3,(H,21,27)(H,23,24)(H,25,26)(H4,19,20,22). The Labute approximate surface area is 166 Å². The van der Waals surface area contributed by atoms with Crippen LogP contribution in [0.25, 0.3) is 0 Å². The summed E-state index contributed by atoms with van der Waals surface area (Å²) in [6, 6.07) is 6.40. The van der Waals surface area contributed by atoms with Crippen molar-refractivity contribution < 1.29 is 19.5 Å². The molecule has 10 heteroatoms. The second kappa shape index (κ2) is 9.27. The van der Waals surface area contributed by atoms with Gasteiger partial charge in [0, 0.05) is 22.9 Å². The fourth-order valence-corrected chi connectivity index (χ4v) is 3.99. The maximum atomic E-state index is 12.3. The minimum Gasteiger partial charge on any atom is -0.481 e. The van der Waals surface area contributed by atoms with Crippen LogP contribution in [0.4, 0.5) is 5.69 Å². The van der Waals surface area contributed by atoms with E-state index >= 15 is 0 Å². The summed E-state index contributed by atoms with van der Waals surface area (Å²) in [6.45, 7) is 1.61. The lowest BCUT2D eigenvalue weighted by molar-refractivity contribution is -0.137. The Morgan fingerprint density at radius 3 is 2.79 bits per heavy atom. The predicted molar refractivity (Wildman–Crippen MR) is 108 cm³/mol. The highest BCUT2D eigenvalue weighted by Crippen LogP contribution is 2.36. The van der Waals surface area contributed by atoms with Gasteiger partial charge in [-0.25, -0.2) is 0 Å². The Balaban J connectivity index is 1.89. The monoisotopic (exact) mass is 405 g/mol. The smallest absolute Gasteiger partial charge is 0.303 e. The number of aliphatic carboxylic acids is 1. The Hall–Kier alpha value is -3.01. The van der Waals surface area contributed by atoms with Crippen LogP contribution < -0.4 is 21.7 Å². The largest absolute Gasteiger partial charge is 0.481 e. The normalized spacial score (nSPS) is 20.4. The topological polar surface area (TPSA) is 157 Å². The minimum atomic E-state index is -0.880. The molecule has 2 rings (SSSR count). The summed E-state index contributed by atoms with van der Waals surface area (Å²) >= 11 is 1.48. The zero-order valence-corrected chi connectivity index (χ0v) is 16.1. The van der Waals surface area contributed by atoms with Crippen LogP contribution in [-0.4, -0.2) is 46.2 Å². The maximum Gasteiger partial charge on any atom is 0.303 e. The van der Waals surface area contributed by atoms with Crippen molar-refractivity contribution in [2.45, 2.75) is 30.6 Å². The number of hydrogen-bond donors (Lipinski definition) is 6. The number of nitrogens with one attached hydrogen (secondary N) is 4. The molecule has 1 aromatic carbocycles. The van der Waals surface area contributed by atoms with Gasteiger partial charge in [0.15, 0.2) is 5.96 Å². The summed E-state index contributed by atoms with van der Waals surface area (Å²) in [4.78, 5) is 35.3. The van der Waals surface area contributed by atoms with Gasteiger partial charge in [-0.1, -0.05) is 12.1 Å². The molecule has 0 aliphatic carbocycles. The molecule has 150 valence electrons. The molecule has 0 saturated carbocycles. The van der Waals surface area contributed by atoms with Gasteiger partial charge >= 0.3 is 5.97 Å². The highest BCUT2D eigenvalue weighted by atomic mass is 32.2. The molecule has 1 heterocycles. The summed E-state index contributed by atoms with van der Waals surface area (Å²) < 4.78 is 0. The lowest BCUT2D eigenvalue weighted by Gasteiger charge is -2.31. The Kier molecular flexibility index (Phi) is 7.05. The van der Waals surface area contributed by atoms with Crippen molar-refractivity contribution >= 4 is 41.2 Å². The number of hydrogen-bond acceptors (Lipinski definition) is 5. The van der Waals surface area contributed by atoms with Gasteiger partial charge in [0.1, 0.15) is 0 Å². The molecule has 0 fully saturated rings. The van der Waals surface area contributed by atoms with Gasteiger partial charge in [-0.15, -0.1) is 11.8 Å². The number of carboxylic acids is 1. The fraction of sp³-hybridized carbons (Fsp3) is 0.333. The summed E-state index contributed by atoms with van der Waals surface area (Å²) in [5, 5.41) is 25.8. The van der Waals surface area contributed by atoms with E-state index in [9.17, 15) is 14.4 Å². The van der Waals surface area contributed by atoms with Crippen LogP contribution in [0.3, 0.4) is 0 Å². The molecule has 28 heavy (non-hydrogen) atoms. The number of carbonyl (C=O) groups is 3. The number of nitrogens with two attached hydrogens (primary N) is 1. The first-order valence-electron chi connectivity index (χ1n) is 8.55. The number of carbonyl (C=O) groups excluding carboxylic acids is 2. The third-order valence-corrected chi connectivity index (χ3v) is 5.52. The van der Waals surface area contributed by atoms with Crippen molar-refractivity contribution in [1.29, 1.82) is 5.41 Å². The van der Waals surface area contributed by atoms with E-state index in [0.29, 0.717) is 17.7 Å². The van der Waals surface area contributed by atoms with Gasteiger partial charge in [0.2, 0.25) is 5.91 Å². The average molecular weight is 405 g/mol. The molecule has 7 N–H and O–H groups in total. The molecule has 0 radical (unpaired) electrons. The first kappa shape index (κ1) is 21.3. The third kappa shape index (κ3) is 6.02. The molecule has 0 spiro atoms. The van der Waals surface area contributed by atoms with Crippen LogP contribution in [0, 0.1) is 5.41 Å². The number of thioether (sulfide) groups is 1. The van der Waals surface area contributed by atoms with Gasteiger partial charge in [-0.3, -0.25) is 19.8 Å². The first-order valence-corrected chi connectivity index (χ1v) is 9.49. The number of carboxylic acid groups (broad SMARTS) is 1. The quantitative estimate of drug-likeness (QED) is 0.279. The predicted octanol–water partition coefficient (Wildman–Crippen LogP) is 1.09. The van der Waals surface area contributed by atoms with Crippen LogP contribution >= 0.6 is 11.8 Å². The van der Waals surface area contributed by atoms with E-state index in [1.54, 1.807) is 18.2 Å². The molecule has 2 atom stereocenters. The van der Waals surface area contributed by atoms with Gasteiger partial charge in [0.05, 0.1) is 12.1 Å². The molecule has 1 aliphatic rings. The summed E-state index contributed by atoms with van der Waals surface area (Å²) in [5.41, 5.74) is 5.41. The highest BCUT2D eigenvalue weighted by molar-refractivity contribution is 8.03. The third-order valence-electron chi connectivity index (χ3n) is 4.17. The van der Waals surface area contributed by atoms with E-state index in [-0.39, 0.29) is 30.1 Å². The number of benzene rings is 1. The Morgan fingerprint density at radius 2 is 2.11 bits per heavy atom. The van der Waals surface area contributed by atoms with Gasteiger partial charge in [0.25, 0.3) is 5.91 Å². The zero-order valence-electron chi connectivity index (χ0n) is 15.3. The van der Waals surface area contributed by atoms with Crippen LogP contribution in [0.1, 0.15) is 30.1 Å². The summed E-state index contributed by atoms with van der Waals surface area (Å²) in [5.74, 6) is -1.94. The average Bonchev–Trinajstić information content (AvgIpc) is 2.97. The molecule has 0 saturated heterocycles. The first-order chi connectivity index (χ1) is 13.2. The van der Waals surface area contributed by atoms with Crippen LogP contribution in [0.5, 0.6) is 0 Å². The number of rotatable bonds is 8. The molecular weight excluding hydrogens is 382 g/mol. The lowest BCUT2D eigenvalue weighted by Crippen LogP contribution is -2.52. The van der Waals surface area contributed by atoms with Crippen molar-refractivity contribution in [3.8, 4) is 0 Å². The number of amides is 2. The molecule has 1 aromatic rings. The van der Waals surface area contributed by atoms with Crippen LogP contribution in [-0.2, 0) is 9.59 Å². The molecule has 2 unspecified atom stereocenters. The van der Waals surface area contributed by atoms with Gasteiger partial charge in [-0.05, 0) is 37.0 Å². The van der Waals surface area contributed by atoms with E-state index in [1.165, 1.54) is 17.8 Å². The fourth-order valence-electron chi connectivity index (χ4n) is 2.77. The van der Waals surface area contributed by atoms with Crippen molar-refractivity contribution in [3.05, 3.63) is 41.3 Å². The molecule has 0 aromatic heterocycles. The summed E-state index contributed by atoms with van der Waals surface area (Å²) in [7, 11) is 0. The highest BCUT2D eigenvalue weighted by Gasteiger charge is 2.37. The van der Waals surface area contributed by atoms with E-state index < -0.39 is 17.4 Å². The van der Waals surface area contributed by atoms with E-state index in [4.69, 9.17) is 16.2 Å². The second-order valence-corrected chi connectivity index (χ2v) is 7.61. The number of anilines is 1. The molecule has 1 aliphatic heterocycles. The van der Waals surface area contributed by atoms with Crippen LogP contribution in [0.15, 0.2) is 35.7 Å². The van der Waals surface area contributed by atoms with E-state index in [0.717, 1.165) is 0 Å². The van der Waals surface area contributed by atoms with Gasteiger partial charge in [-0.2, -0.15) is 0 Å². The zero-order chi connectivity index (χ0) is 20.7. The Bertz CT molecular complexity index is 813. The molecule has 9 nitrogen and oxygen atoms in total. The van der Waals surface area contributed by atoms with Crippen molar-refractivity contribution in [1.82, 2.24) is 10.6 Å².